The summed E-state index contributed by atoms with van der Waals surface area (Å²) >= 11 is 1.72. The van der Waals surface area contributed by atoms with Crippen molar-refractivity contribution in [3.63, 3.8) is 0 Å². The monoisotopic (exact) mass is 222 g/mol. The minimum Gasteiger partial charge on any atom is -0.295 e. The molecule has 82 valence electrons. The number of thiophene rings is 1. The highest BCUT2D eigenvalue weighted by atomic mass is 32.1. The maximum Gasteiger partial charge on any atom is 0.104 e. The Hall–Kier alpha value is -0.850. The minimum atomic E-state index is -0.405. The zero-order valence-corrected chi connectivity index (χ0v) is 10.4. The van der Waals surface area contributed by atoms with Crippen molar-refractivity contribution in [2.45, 2.75) is 39.3 Å². The van der Waals surface area contributed by atoms with Gasteiger partial charge >= 0.3 is 0 Å². The Morgan fingerprint density at radius 2 is 2.33 bits per heavy atom. The molecular formula is C12H18N2S. The van der Waals surface area contributed by atoms with Crippen molar-refractivity contribution in [2.75, 3.05) is 0 Å². The Labute approximate surface area is 95.9 Å². The van der Waals surface area contributed by atoms with Crippen molar-refractivity contribution in [1.29, 1.82) is 5.26 Å². The molecule has 1 N–H and O–H groups in total. The predicted octanol–water partition coefficient (Wildman–Crippen LogP) is 3.17. The number of hydrogen-bond acceptors (Lipinski definition) is 3. The Kier molecular flexibility index (Phi) is 4.31. The second-order valence-electron chi connectivity index (χ2n) is 4.47. The van der Waals surface area contributed by atoms with Gasteiger partial charge in [0.2, 0.25) is 0 Å². The van der Waals surface area contributed by atoms with Gasteiger partial charge in [0.05, 0.1) is 6.07 Å². The Balaban J connectivity index is 2.50. The molecule has 1 heterocycles. The highest BCUT2D eigenvalue weighted by Gasteiger charge is 2.24. The van der Waals surface area contributed by atoms with Crippen molar-refractivity contribution in [2.24, 2.45) is 5.92 Å². The molecule has 1 atom stereocenters. The lowest BCUT2D eigenvalue weighted by atomic mass is 9.92. The maximum atomic E-state index is 9.15. The van der Waals surface area contributed by atoms with E-state index in [0.717, 1.165) is 13.0 Å². The molecule has 0 saturated heterocycles. The van der Waals surface area contributed by atoms with Gasteiger partial charge in [0.25, 0.3) is 0 Å². The molecular weight excluding hydrogens is 204 g/mol. The molecule has 0 bridgehead atoms. The van der Waals surface area contributed by atoms with Gasteiger partial charge in [0.1, 0.15) is 5.54 Å². The fourth-order valence-corrected chi connectivity index (χ4v) is 2.31. The topological polar surface area (TPSA) is 35.8 Å². The third-order valence-corrected chi connectivity index (χ3v) is 3.17. The normalized spacial score (nSPS) is 14.9. The Bertz CT molecular complexity index is 324. The molecule has 1 aromatic rings. The second-order valence-corrected chi connectivity index (χ2v) is 5.51. The number of nitriles is 1. The molecule has 0 amide bonds. The maximum absolute atomic E-state index is 9.15. The summed E-state index contributed by atoms with van der Waals surface area (Å²) in [6.45, 7) is 7.04. The van der Waals surface area contributed by atoms with Gasteiger partial charge in [0.15, 0.2) is 0 Å². The van der Waals surface area contributed by atoms with Crippen LogP contribution in [0.5, 0.6) is 0 Å². The lowest BCUT2D eigenvalue weighted by molar-refractivity contribution is 0.364. The first-order valence-electron chi connectivity index (χ1n) is 5.24. The molecule has 15 heavy (non-hydrogen) atoms. The van der Waals surface area contributed by atoms with Crippen LogP contribution in [-0.2, 0) is 6.54 Å². The first-order valence-corrected chi connectivity index (χ1v) is 6.12. The molecule has 1 unspecified atom stereocenters. The summed E-state index contributed by atoms with van der Waals surface area (Å²) < 4.78 is 0. The molecule has 3 heteroatoms. The number of hydrogen-bond donors (Lipinski definition) is 1. The summed E-state index contributed by atoms with van der Waals surface area (Å²) in [6, 6.07) is 6.49. The molecule has 0 saturated carbocycles. The molecule has 0 spiro atoms. The van der Waals surface area contributed by atoms with E-state index in [1.54, 1.807) is 11.3 Å². The SMILES string of the molecule is CC(C)CC(C)(C#N)NCc1cccs1. The van der Waals surface area contributed by atoms with Crippen LogP contribution in [0.4, 0.5) is 0 Å². The van der Waals surface area contributed by atoms with Crippen LogP contribution in [0.25, 0.3) is 0 Å². The average molecular weight is 222 g/mol. The zero-order valence-electron chi connectivity index (χ0n) is 9.58. The quantitative estimate of drug-likeness (QED) is 0.830. The van der Waals surface area contributed by atoms with E-state index >= 15 is 0 Å². The van der Waals surface area contributed by atoms with Crippen molar-refractivity contribution in [1.82, 2.24) is 5.32 Å². The van der Waals surface area contributed by atoms with Crippen molar-refractivity contribution in [3.8, 4) is 6.07 Å². The van der Waals surface area contributed by atoms with Crippen LogP contribution in [0.15, 0.2) is 17.5 Å². The van der Waals surface area contributed by atoms with E-state index in [-0.39, 0.29) is 0 Å². The van der Waals surface area contributed by atoms with Gasteiger partial charge in [-0.15, -0.1) is 11.3 Å². The molecule has 0 aliphatic heterocycles. The van der Waals surface area contributed by atoms with Crippen LogP contribution in [0, 0.1) is 17.2 Å². The number of nitrogens with one attached hydrogen (secondary N) is 1. The van der Waals surface area contributed by atoms with E-state index in [2.05, 4.69) is 36.7 Å². The molecule has 0 fully saturated rings. The largest absolute Gasteiger partial charge is 0.295 e. The van der Waals surface area contributed by atoms with Crippen molar-refractivity contribution >= 4 is 11.3 Å². The van der Waals surface area contributed by atoms with E-state index in [4.69, 9.17) is 5.26 Å². The zero-order chi connectivity index (χ0) is 11.3. The molecule has 0 aliphatic carbocycles. The standard InChI is InChI=1S/C12H18N2S/c1-10(2)7-12(3,9-13)14-8-11-5-4-6-15-11/h4-6,10,14H,7-8H2,1-3H3. The van der Waals surface area contributed by atoms with Crippen molar-refractivity contribution < 1.29 is 0 Å². The summed E-state index contributed by atoms with van der Waals surface area (Å²) in [4.78, 5) is 1.28. The molecule has 1 aromatic heterocycles. The highest BCUT2D eigenvalue weighted by Crippen LogP contribution is 2.17. The van der Waals surface area contributed by atoms with Crippen LogP contribution in [0.2, 0.25) is 0 Å². The van der Waals surface area contributed by atoms with E-state index in [9.17, 15) is 0 Å². The lowest BCUT2D eigenvalue weighted by Crippen LogP contribution is -2.41. The fraction of sp³-hybridized carbons (Fsp3) is 0.583. The molecule has 1 rings (SSSR count). The van der Waals surface area contributed by atoms with E-state index in [1.165, 1.54) is 4.88 Å². The van der Waals surface area contributed by atoms with Gasteiger partial charge in [-0.25, -0.2) is 0 Å². The van der Waals surface area contributed by atoms with Crippen LogP contribution in [-0.4, -0.2) is 5.54 Å². The molecule has 0 aliphatic rings. The lowest BCUT2D eigenvalue weighted by Gasteiger charge is -2.24. The predicted molar refractivity (Wildman–Crippen MR) is 64.6 cm³/mol. The van der Waals surface area contributed by atoms with Gasteiger partial charge in [-0.3, -0.25) is 5.32 Å². The van der Waals surface area contributed by atoms with Crippen LogP contribution < -0.4 is 5.32 Å². The number of rotatable bonds is 5. The van der Waals surface area contributed by atoms with Crippen molar-refractivity contribution in [3.05, 3.63) is 22.4 Å². The summed E-state index contributed by atoms with van der Waals surface area (Å²) in [5.74, 6) is 0.533. The summed E-state index contributed by atoms with van der Waals surface area (Å²) in [5, 5.41) is 14.5. The van der Waals surface area contributed by atoms with E-state index in [0.29, 0.717) is 5.92 Å². The fourth-order valence-electron chi connectivity index (χ4n) is 1.67. The summed E-state index contributed by atoms with van der Waals surface area (Å²) in [7, 11) is 0. The van der Waals surface area contributed by atoms with Gasteiger partial charge < -0.3 is 0 Å². The smallest absolute Gasteiger partial charge is 0.104 e. The highest BCUT2D eigenvalue weighted by molar-refractivity contribution is 7.09. The van der Waals surface area contributed by atoms with E-state index < -0.39 is 5.54 Å². The first-order chi connectivity index (χ1) is 7.06. The van der Waals surface area contributed by atoms with Gasteiger partial charge in [0, 0.05) is 11.4 Å². The Morgan fingerprint density at radius 3 is 2.80 bits per heavy atom. The average Bonchev–Trinajstić information content (AvgIpc) is 2.66. The number of nitrogens with zero attached hydrogens (tertiary/aromatic N) is 1. The second kappa shape index (κ2) is 5.29. The van der Waals surface area contributed by atoms with Crippen LogP contribution in [0.1, 0.15) is 32.1 Å². The van der Waals surface area contributed by atoms with Crippen LogP contribution >= 0.6 is 11.3 Å². The van der Waals surface area contributed by atoms with Crippen LogP contribution in [0.3, 0.4) is 0 Å². The molecule has 2 nitrogen and oxygen atoms in total. The summed E-state index contributed by atoms with van der Waals surface area (Å²) in [5.41, 5.74) is -0.405. The van der Waals surface area contributed by atoms with Gasteiger partial charge in [-0.1, -0.05) is 19.9 Å². The first kappa shape index (κ1) is 12.2. The minimum absolute atomic E-state index is 0.405. The van der Waals surface area contributed by atoms with Gasteiger partial charge in [-0.05, 0) is 30.7 Å². The summed E-state index contributed by atoms with van der Waals surface area (Å²) in [6.07, 6.45) is 0.884. The third-order valence-electron chi connectivity index (χ3n) is 2.30. The van der Waals surface area contributed by atoms with Gasteiger partial charge in [-0.2, -0.15) is 5.26 Å². The molecule has 0 radical (unpaired) electrons. The third kappa shape index (κ3) is 4.03. The molecule has 0 aromatic carbocycles. The Morgan fingerprint density at radius 1 is 1.60 bits per heavy atom. The van der Waals surface area contributed by atoms with E-state index in [1.807, 2.05) is 13.0 Å².